The van der Waals surface area contributed by atoms with Crippen LogP contribution in [0.2, 0.25) is 0 Å². The standard InChI is InChI=1S/C16H18FN3O/c1-11(9-12-3-5-13(17)6-4-12)20-16(21)14-7-8-19-10-15(14)18-2/h3-8,10-11,18H,9H2,1-2H3,(H,20,21). The van der Waals surface area contributed by atoms with Gasteiger partial charge in [0.25, 0.3) is 5.91 Å². The lowest BCUT2D eigenvalue weighted by Gasteiger charge is -2.15. The van der Waals surface area contributed by atoms with Gasteiger partial charge >= 0.3 is 0 Å². The zero-order valence-corrected chi connectivity index (χ0v) is 12.1. The van der Waals surface area contributed by atoms with Gasteiger partial charge in [0, 0.05) is 19.3 Å². The van der Waals surface area contributed by atoms with Crippen LogP contribution < -0.4 is 10.6 Å². The lowest BCUT2D eigenvalue weighted by atomic mass is 10.1. The predicted octanol–water partition coefficient (Wildman–Crippen LogP) is 2.62. The molecule has 0 aliphatic carbocycles. The van der Waals surface area contributed by atoms with Gasteiger partial charge in [0.05, 0.1) is 17.4 Å². The Bertz CT molecular complexity index is 613. The molecule has 0 saturated carbocycles. The number of carbonyl (C=O) groups is 1. The largest absolute Gasteiger partial charge is 0.386 e. The molecule has 0 bridgehead atoms. The fourth-order valence-electron chi connectivity index (χ4n) is 2.12. The van der Waals surface area contributed by atoms with Crippen molar-refractivity contribution in [2.75, 3.05) is 12.4 Å². The van der Waals surface area contributed by atoms with Crippen molar-refractivity contribution in [3.05, 3.63) is 59.7 Å². The molecule has 21 heavy (non-hydrogen) atoms. The average molecular weight is 287 g/mol. The molecule has 2 N–H and O–H groups in total. The first-order valence-electron chi connectivity index (χ1n) is 6.77. The molecule has 1 heterocycles. The van der Waals surface area contributed by atoms with Crippen LogP contribution in [0, 0.1) is 5.82 Å². The Kier molecular flexibility index (Phi) is 4.87. The zero-order chi connectivity index (χ0) is 15.2. The highest BCUT2D eigenvalue weighted by atomic mass is 19.1. The number of halogens is 1. The summed E-state index contributed by atoms with van der Waals surface area (Å²) < 4.78 is 12.9. The first-order valence-corrected chi connectivity index (χ1v) is 6.77. The molecule has 5 heteroatoms. The van der Waals surface area contributed by atoms with Crippen molar-refractivity contribution in [1.82, 2.24) is 10.3 Å². The van der Waals surface area contributed by atoms with Crippen LogP contribution in [0.5, 0.6) is 0 Å². The van der Waals surface area contributed by atoms with Crippen LogP contribution in [0.15, 0.2) is 42.7 Å². The second-order valence-electron chi connectivity index (χ2n) is 4.88. The van der Waals surface area contributed by atoms with Crippen molar-refractivity contribution in [1.29, 1.82) is 0 Å². The molecule has 2 aromatic rings. The monoisotopic (exact) mass is 287 g/mol. The van der Waals surface area contributed by atoms with E-state index in [0.29, 0.717) is 17.7 Å². The third-order valence-corrected chi connectivity index (χ3v) is 3.17. The number of benzene rings is 1. The van der Waals surface area contributed by atoms with Gasteiger partial charge in [-0.1, -0.05) is 12.1 Å². The summed E-state index contributed by atoms with van der Waals surface area (Å²) in [4.78, 5) is 16.2. The van der Waals surface area contributed by atoms with Gasteiger partial charge in [-0.25, -0.2) is 4.39 Å². The van der Waals surface area contributed by atoms with E-state index >= 15 is 0 Å². The third kappa shape index (κ3) is 4.02. The van der Waals surface area contributed by atoms with Crippen molar-refractivity contribution in [3.8, 4) is 0 Å². The van der Waals surface area contributed by atoms with E-state index in [4.69, 9.17) is 0 Å². The van der Waals surface area contributed by atoms with E-state index in [-0.39, 0.29) is 17.8 Å². The van der Waals surface area contributed by atoms with E-state index in [1.807, 2.05) is 6.92 Å². The number of rotatable bonds is 5. The Morgan fingerprint density at radius 3 is 2.67 bits per heavy atom. The average Bonchev–Trinajstić information content (AvgIpc) is 2.49. The van der Waals surface area contributed by atoms with Crippen molar-refractivity contribution in [3.63, 3.8) is 0 Å². The molecule has 1 aromatic carbocycles. The van der Waals surface area contributed by atoms with Gasteiger partial charge in [-0.05, 0) is 37.1 Å². The van der Waals surface area contributed by atoms with Crippen LogP contribution in [0.3, 0.4) is 0 Å². The normalized spacial score (nSPS) is 11.8. The molecule has 0 spiro atoms. The highest BCUT2D eigenvalue weighted by Gasteiger charge is 2.13. The Morgan fingerprint density at radius 2 is 2.00 bits per heavy atom. The van der Waals surface area contributed by atoms with Crippen LogP contribution >= 0.6 is 0 Å². The Balaban J connectivity index is 2.00. The highest BCUT2D eigenvalue weighted by molar-refractivity contribution is 5.99. The molecule has 0 aliphatic heterocycles. The van der Waals surface area contributed by atoms with Crippen LogP contribution in [0.4, 0.5) is 10.1 Å². The number of hydrogen-bond donors (Lipinski definition) is 2. The zero-order valence-electron chi connectivity index (χ0n) is 12.1. The summed E-state index contributed by atoms with van der Waals surface area (Å²) in [5, 5.41) is 5.87. The molecule has 0 radical (unpaired) electrons. The van der Waals surface area contributed by atoms with E-state index in [9.17, 15) is 9.18 Å². The topological polar surface area (TPSA) is 54.0 Å². The minimum absolute atomic E-state index is 0.0548. The van der Waals surface area contributed by atoms with Crippen molar-refractivity contribution in [2.45, 2.75) is 19.4 Å². The number of aromatic nitrogens is 1. The highest BCUT2D eigenvalue weighted by Crippen LogP contribution is 2.13. The number of nitrogens with one attached hydrogen (secondary N) is 2. The van der Waals surface area contributed by atoms with Crippen LogP contribution in [0.1, 0.15) is 22.8 Å². The van der Waals surface area contributed by atoms with E-state index in [0.717, 1.165) is 5.56 Å². The molecule has 1 amide bonds. The summed E-state index contributed by atoms with van der Waals surface area (Å²) in [5.41, 5.74) is 2.22. The van der Waals surface area contributed by atoms with Gasteiger partial charge in [-0.3, -0.25) is 9.78 Å². The molecule has 110 valence electrons. The molecule has 0 aliphatic rings. The molecule has 1 aromatic heterocycles. The van der Waals surface area contributed by atoms with Crippen molar-refractivity contribution < 1.29 is 9.18 Å². The quantitative estimate of drug-likeness (QED) is 0.889. The Morgan fingerprint density at radius 1 is 1.29 bits per heavy atom. The predicted molar refractivity (Wildman–Crippen MR) is 80.8 cm³/mol. The number of carbonyl (C=O) groups excluding carboxylic acids is 1. The van der Waals surface area contributed by atoms with Gasteiger partial charge < -0.3 is 10.6 Å². The fourth-order valence-corrected chi connectivity index (χ4v) is 2.12. The van der Waals surface area contributed by atoms with E-state index in [1.165, 1.54) is 12.1 Å². The summed E-state index contributed by atoms with van der Waals surface area (Å²) >= 11 is 0. The smallest absolute Gasteiger partial charge is 0.253 e. The first kappa shape index (κ1) is 15.0. The van der Waals surface area contributed by atoms with E-state index in [1.54, 1.807) is 37.6 Å². The second kappa shape index (κ2) is 6.83. The maximum Gasteiger partial charge on any atom is 0.253 e. The number of amides is 1. The maximum atomic E-state index is 12.9. The van der Waals surface area contributed by atoms with Crippen molar-refractivity contribution in [2.24, 2.45) is 0 Å². The van der Waals surface area contributed by atoms with Gasteiger partial charge in [0.15, 0.2) is 0 Å². The minimum atomic E-state index is -0.258. The molecular weight excluding hydrogens is 269 g/mol. The summed E-state index contributed by atoms with van der Waals surface area (Å²) in [6.45, 7) is 1.92. The number of hydrogen-bond acceptors (Lipinski definition) is 3. The molecule has 0 fully saturated rings. The summed E-state index contributed by atoms with van der Waals surface area (Å²) in [7, 11) is 1.75. The summed E-state index contributed by atoms with van der Waals surface area (Å²) in [6, 6.07) is 7.91. The summed E-state index contributed by atoms with van der Waals surface area (Å²) in [6.07, 6.45) is 3.84. The number of anilines is 1. The molecule has 0 saturated heterocycles. The first-order chi connectivity index (χ1) is 10.1. The van der Waals surface area contributed by atoms with Gasteiger partial charge in [0.1, 0.15) is 5.82 Å². The maximum absolute atomic E-state index is 12.9. The van der Waals surface area contributed by atoms with E-state index < -0.39 is 0 Å². The minimum Gasteiger partial charge on any atom is -0.386 e. The van der Waals surface area contributed by atoms with Crippen molar-refractivity contribution >= 4 is 11.6 Å². The van der Waals surface area contributed by atoms with Crippen LogP contribution in [-0.2, 0) is 6.42 Å². The Hall–Kier alpha value is -2.43. The molecule has 2 rings (SSSR count). The summed E-state index contributed by atoms with van der Waals surface area (Å²) in [5.74, 6) is -0.415. The second-order valence-corrected chi connectivity index (χ2v) is 4.88. The van der Waals surface area contributed by atoms with Gasteiger partial charge in [-0.15, -0.1) is 0 Å². The van der Waals surface area contributed by atoms with Crippen LogP contribution in [0.25, 0.3) is 0 Å². The third-order valence-electron chi connectivity index (χ3n) is 3.17. The van der Waals surface area contributed by atoms with Gasteiger partial charge in [-0.2, -0.15) is 0 Å². The molecule has 4 nitrogen and oxygen atoms in total. The van der Waals surface area contributed by atoms with Gasteiger partial charge in [0.2, 0.25) is 0 Å². The lowest BCUT2D eigenvalue weighted by molar-refractivity contribution is 0.0941. The van der Waals surface area contributed by atoms with Crippen LogP contribution in [-0.4, -0.2) is 24.0 Å². The Labute approximate surface area is 123 Å². The fraction of sp³-hybridized carbons (Fsp3) is 0.250. The van der Waals surface area contributed by atoms with E-state index in [2.05, 4.69) is 15.6 Å². The molecule has 1 unspecified atom stereocenters. The lowest BCUT2D eigenvalue weighted by Crippen LogP contribution is -2.34. The molecular formula is C16H18FN3O. The number of nitrogens with zero attached hydrogens (tertiary/aromatic N) is 1. The number of pyridine rings is 1. The molecule has 1 atom stereocenters. The SMILES string of the molecule is CNc1cnccc1C(=O)NC(C)Cc1ccc(F)cc1.